The third-order valence-corrected chi connectivity index (χ3v) is 2.61. The minimum absolute atomic E-state index is 0.224. The monoisotopic (exact) mass is 273 g/mol. The van der Waals surface area contributed by atoms with E-state index >= 15 is 0 Å². The molecule has 102 valence electrons. The van der Waals surface area contributed by atoms with E-state index in [4.69, 9.17) is 25.8 Å². The Morgan fingerprint density at radius 1 is 1.33 bits per heavy atom. The first-order valence-electron chi connectivity index (χ1n) is 5.96. The van der Waals surface area contributed by atoms with Crippen LogP contribution in [0.2, 0.25) is 5.02 Å². The van der Waals surface area contributed by atoms with Crippen molar-refractivity contribution in [3.8, 4) is 5.75 Å². The highest BCUT2D eigenvalue weighted by molar-refractivity contribution is 6.32. The molecular weight excluding hydrogens is 254 g/mol. The number of nitrogens with one attached hydrogen (secondary N) is 1. The largest absolute Gasteiger partial charge is 0.466 e. The third-order valence-electron chi connectivity index (χ3n) is 2.31. The maximum absolute atomic E-state index is 6.12. The predicted molar refractivity (Wildman–Crippen MR) is 72.2 cm³/mol. The van der Waals surface area contributed by atoms with Crippen LogP contribution in [0, 0.1) is 0 Å². The lowest BCUT2D eigenvalue weighted by Gasteiger charge is -2.10. The number of hydrogen-bond acceptors (Lipinski definition) is 4. The van der Waals surface area contributed by atoms with Crippen molar-refractivity contribution in [2.75, 3.05) is 33.7 Å². The fourth-order valence-corrected chi connectivity index (χ4v) is 1.62. The number of ether oxygens (including phenoxy) is 3. The molecule has 0 aliphatic carbocycles. The standard InChI is InChI=1S/C13H20ClNO3/c1-3-17-10-18-13-5-4-11(8-12(13)14)9-15-6-7-16-2/h4-5,8,15H,3,6-7,9-10H2,1-2H3. The molecule has 0 fully saturated rings. The molecule has 1 aromatic carbocycles. The van der Waals surface area contributed by atoms with Crippen LogP contribution < -0.4 is 10.1 Å². The van der Waals surface area contributed by atoms with Gasteiger partial charge in [-0.1, -0.05) is 17.7 Å². The van der Waals surface area contributed by atoms with Crippen molar-refractivity contribution in [2.45, 2.75) is 13.5 Å². The van der Waals surface area contributed by atoms with Crippen LogP contribution in [-0.2, 0) is 16.0 Å². The van der Waals surface area contributed by atoms with Gasteiger partial charge in [-0.2, -0.15) is 0 Å². The Morgan fingerprint density at radius 2 is 2.17 bits per heavy atom. The minimum Gasteiger partial charge on any atom is -0.466 e. The van der Waals surface area contributed by atoms with Crippen molar-refractivity contribution < 1.29 is 14.2 Å². The SMILES string of the molecule is CCOCOc1ccc(CNCCOC)cc1Cl. The zero-order valence-corrected chi connectivity index (χ0v) is 11.6. The van der Waals surface area contributed by atoms with Crippen molar-refractivity contribution in [3.63, 3.8) is 0 Å². The summed E-state index contributed by atoms with van der Waals surface area (Å²) >= 11 is 6.12. The van der Waals surface area contributed by atoms with Gasteiger partial charge in [0, 0.05) is 26.8 Å². The van der Waals surface area contributed by atoms with Crippen LogP contribution in [-0.4, -0.2) is 33.7 Å². The van der Waals surface area contributed by atoms with Crippen LogP contribution >= 0.6 is 11.6 Å². The zero-order valence-electron chi connectivity index (χ0n) is 10.9. The Morgan fingerprint density at radius 3 is 2.83 bits per heavy atom. The average Bonchev–Trinajstić information content (AvgIpc) is 2.37. The molecule has 0 aromatic heterocycles. The van der Waals surface area contributed by atoms with E-state index in [1.54, 1.807) is 7.11 Å². The van der Waals surface area contributed by atoms with E-state index < -0.39 is 0 Å². The number of hydrogen-bond donors (Lipinski definition) is 1. The van der Waals surface area contributed by atoms with Crippen molar-refractivity contribution in [1.82, 2.24) is 5.32 Å². The fraction of sp³-hybridized carbons (Fsp3) is 0.538. The molecule has 1 aromatic rings. The lowest BCUT2D eigenvalue weighted by molar-refractivity contribution is 0.0224. The summed E-state index contributed by atoms with van der Waals surface area (Å²) in [4.78, 5) is 0. The van der Waals surface area contributed by atoms with Crippen LogP contribution in [0.5, 0.6) is 5.75 Å². The third kappa shape index (κ3) is 5.69. The zero-order chi connectivity index (χ0) is 13.2. The van der Waals surface area contributed by atoms with Gasteiger partial charge in [-0.3, -0.25) is 0 Å². The highest BCUT2D eigenvalue weighted by Crippen LogP contribution is 2.25. The van der Waals surface area contributed by atoms with Gasteiger partial charge in [-0.15, -0.1) is 0 Å². The van der Waals surface area contributed by atoms with E-state index in [0.29, 0.717) is 24.0 Å². The minimum atomic E-state index is 0.224. The second kappa shape index (κ2) is 9.16. The molecule has 0 saturated carbocycles. The maximum Gasteiger partial charge on any atom is 0.189 e. The van der Waals surface area contributed by atoms with E-state index in [-0.39, 0.29) is 6.79 Å². The molecule has 0 radical (unpaired) electrons. The Hall–Kier alpha value is -0.810. The average molecular weight is 274 g/mol. The smallest absolute Gasteiger partial charge is 0.189 e. The van der Waals surface area contributed by atoms with Gasteiger partial charge in [-0.05, 0) is 24.6 Å². The molecule has 1 N–H and O–H groups in total. The van der Waals surface area contributed by atoms with E-state index in [1.807, 2.05) is 25.1 Å². The van der Waals surface area contributed by atoms with Crippen molar-refractivity contribution in [2.24, 2.45) is 0 Å². The first-order chi connectivity index (χ1) is 8.77. The normalized spacial score (nSPS) is 10.6. The van der Waals surface area contributed by atoms with E-state index in [9.17, 15) is 0 Å². The number of rotatable bonds is 9. The molecule has 0 bridgehead atoms. The van der Waals surface area contributed by atoms with Gasteiger partial charge in [0.2, 0.25) is 0 Å². The number of benzene rings is 1. The molecule has 4 nitrogen and oxygen atoms in total. The van der Waals surface area contributed by atoms with Gasteiger partial charge < -0.3 is 19.5 Å². The Labute approximate surface area is 113 Å². The second-order valence-corrected chi connectivity index (χ2v) is 4.10. The lowest BCUT2D eigenvalue weighted by Crippen LogP contribution is -2.18. The molecule has 0 heterocycles. The highest BCUT2D eigenvalue weighted by Gasteiger charge is 2.03. The van der Waals surface area contributed by atoms with Gasteiger partial charge in [-0.25, -0.2) is 0 Å². The molecule has 0 aliphatic heterocycles. The van der Waals surface area contributed by atoms with Gasteiger partial charge in [0.15, 0.2) is 6.79 Å². The number of halogens is 1. The quantitative estimate of drug-likeness (QED) is 0.554. The summed E-state index contributed by atoms with van der Waals surface area (Å²) in [5.41, 5.74) is 1.11. The molecule has 18 heavy (non-hydrogen) atoms. The summed E-state index contributed by atoms with van der Waals surface area (Å²) in [6.45, 7) is 5.04. The molecule has 5 heteroatoms. The first-order valence-corrected chi connectivity index (χ1v) is 6.34. The van der Waals surface area contributed by atoms with Crippen molar-refractivity contribution in [3.05, 3.63) is 28.8 Å². The van der Waals surface area contributed by atoms with Gasteiger partial charge in [0.05, 0.1) is 11.6 Å². The molecule has 0 saturated heterocycles. The van der Waals surface area contributed by atoms with Crippen molar-refractivity contribution in [1.29, 1.82) is 0 Å². The topological polar surface area (TPSA) is 39.7 Å². The lowest BCUT2D eigenvalue weighted by atomic mass is 10.2. The first kappa shape index (κ1) is 15.2. The van der Waals surface area contributed by atoms with E-state index in [2.05, 4.69) is 5.32 Å². The second-order valence-electron chi connectivity index (χ2n) is 3.69. The summed E-state index contributed by atoms with van der Waals surface area (Å²) in [5, 5.41) is 3.85. The highest BCUT2D eigenvalue weighted by atomic mass is 35.5. The fourth-order valence-electron chi connectivity index (χ4n) is 1.37. The van der Waals surface area contributed by atoms with Gasteiger partial charge in [0.25, 0.3) is 0 Å². The predicted octanol–water partition coefficient (Wildman–Crippen LogP) is 2.45. The molecule has 0 aliphatic rings. The molecule has 0 spiro atoms. The van der Waals surface area contributed by atoms with Crippen LogP contribution in [0.1, 0.15) is 12.5 Å². The maximum atomic E-state index is 6.12. The van der Waals surface area contributed by atoms with Crippen LogP contribution in [0.3, 0.4) is 0 Å². The molecule has 0 atom stereocenters. The van der Waals surface area contributed by atoms with Crippen LogP contribution in [0.15, 0.2) is 18.2 Å². The van der Waals surface area contributed by atoms with Gasteiger partial charge in [0.1, 0.15) is 5.75 Å². The van der Waals surface area contributed by atoms with Crippen LogP contribution in [0.25, 0.3) is 0 Å². The Balaban J connectivity index is 2.41. The Kier molecular flexibility index (Phi) is 7.76. The van der Waals surface area contributed by atoms with E-state index in [1.165, 1.54) is 0 Å². The summed E-state index contributed by atoms with van der Waals surface area (Å²) < 4.78 is 15.4. The summed E-state index contributed by atoms with van der Waals surface area (Å²) in [7, 11) is 1.68. The summed E-state index contributed by atoms with van der Waals surface area (Å²) in [6, 6.07) is 5.73. The molecule has 0 unspecified atom stereocenters. The molecule has 1 rings (SSSR count). The molecular formula is C13H20ClNO3. The summed E-state index contributed by atoms with van der Waals surface area (Å²) in [6.07, 6.45) is 0. The van der Waals surface area contributed by atoms with Crippen molar-refractivity contribution >= 4 is 11.6 Å². The van der Waals surface area contributed by atoms with Crippen LogP contribution in [0.4, 0.5) is 0 Å². The number of methoxy groups -OCH3 is 1. The Bertz CT molecular complexity index is 347. The summed E-state index contributed by atoms with van der Waals surface area (Å²) in [5.74, 6) is 0.644. The van der Waals surface area contributed by atoms with E-state index in [0.717, 1.165) is 18.7 Å². The van der Waals surface area contributed by atoms with Gasteiger partial charge >= 0.3 is 0 Å². The molecule has 0 amide bonds.